The highest BCUT2D eigenvalue weighted by molar-refractivity contribution is 6.30. The van der Waals surface area contributed by atoms with E-state index in [1.54, 1.807) is 36.4 Å². The molecular weight excluding hydrogens is 356 g/mol. The van der Waals surface area contributed by atoms with E-state index in [4.69, 9.17) is 21.1 Å². The van der Waals surface area contributed by atoms with Crippen LogP contribution >= 0.6 is 11.6 Å². The van der Waals surface area contributed by atoms with Crippen molar-refractivity contribution in [1.82, 2.24) is 5.32 Å². The zero-order valence-electron chi connectivity index (χ0n) is 14.5. The summed E-state index contributed by atoms with van der Waals surface area (Å²) in [6, 6.07) is 12.3. The van der Waals surface area contributed by atoms with E-state index in [9.17, 15) is 9.59 Å². The third-order valence-electron chi connectivity index (χ3n) is 4.10. The zero-order valence-corrected chi connectivity index (χ0v) is 15.2. The number of halogens is 1. The molecule has 0 fully saturated rings. The molecular formula is C19H19ClN2O4. The van der Waals surface area contributed by atoms with Crippen molar-refractivity contribution >= 4 is 29.1 Å². The Balaban J connectivity index is 1.77. The summed E-state index contributed by atoms with van der Waals surface area (Å²) in [6.45, 7) is 1.83. The van der Waals surface area contributed by atoms with E-state index in [0.717, 1.165) is 5.56 Å². The average Bonchev–Trinajstić information content (AvgIpc) is 2.65. The van der Waals surface area contributed by atoms with E-state index in [1.807, 2.05) is 13.0 Å². The minimum absolute atomic E-state index is 0.123. The average molecular weight is 375 g/mol. The Kier molecular flexibility index (Phi) is 5.32. The maximum absolute atomic E-state index is 12.8. The van der Waals surface area contributed by atoms with E-state index in [2.05, 4.69) is 5.32 Å². The van der Waals surface area contributed by atoms with Crippen LogP contribution in [-0.4, -0.2) is 38.1 Å². The Bertz CT molecular complexity index is 840. The first-order valence-corrected chi connectivity index (χ1v) is 8.54. The smallest absolute Gasteiger partial charge is 0.265 e. The Morgan fingerprint density at radius 1 is 1.31 bits per heavy atom. The molecule has 0 aliphatic carbocycles. The molecule has 6 nitrogen and oxygen atoms in total. The lowest BCUT2D eigenvalue weighted by Crippen LogP contribution is -2.51. The number of para-hydroxylation sites is 2. The van der Waals surface area contributed by atoms with Gasteiger partial charge in [0.25, 0.3) is 11.8 Å². The molecule has 1 aliphatic heterocycles. The van der Waals surface area contributed by atoms with Crippen LogP contribution in [0.4, 0.5) is 5.69 Å². The van der Waals surface area contributed by atoms with Crippen LogP contribution in [0.25, 0.3) is 0 Å². The summed E-state index contributed by atoms with van der Waals surface area (Å²) in [5.74, 6) is 0.534. The van der Waals surface area contributed by atoms with Crippen molar-refractivity contribution in [3.8, 4) is 11.5 Å². The summed E-state index contributed by atoms with van der Waals surface area (Å²) < 4.78 is 11.4. The van der Waals surface area contributed by atoms with E-state index < -0.39 is 6.10 Å². The SMILES string of the molecule is CNC(=O)[C@H]1CN(C(=O)COc2ccc(Cl)cc2C)c2ccccc2O1. The van der Waals surface area contributed by atoms with E-state index in [1.165, 1.54) is 11.9 Å². The third kappa shape index (κ3) is 3.75. The summed E-state index contributed by atoms with van der Waals surface area (Å²) in [5.41, 5.74) is 1.46. The molecule has 2 aromatic rings. The lowest BCUT2D eigenvalue weighted by Gasteiger charge is -2.33. The molecule has 136 valence electrons. The molecule has 0 saturated carbocycles. The molecule has 2 amide bonds. The van der Waals surface area contributed by atoms with Gasteiger partial charge in [0.15, 0.2) is 12.7 Å². The number of ether oxygens (including phenoxy) is 2. The quantitative estimate of drug-likeness (QED) is 0.893. The lowest BCUT2D eigenvalue weighted by atomic mass is 10.1. The number of rotatable bonds is 4. The number of benzene rings is 2. The number of amides is 2. The van der Waals surface area contributed by atoms with Gasteiger partial charge in [0.1, 0.15) is 11.5 Å². The number of carbonyl (C=O) groups is 2. The predicted molar refractivity (Wildman–Crippen MR) is 99.0 cm³/mol. The number of anilines is 1. The second-order valence-corrected chi connectivity index (χ2v) is 6.33. The number of hydrogen-bond acceptors (Lipinski definition) is 4. The van der Waals surface area contributed by atoms with Crippen molar-refractivity contribution < 1.29 is 19.1 Å². The van der Waals surface area contributed by atoms with Crippen LogP contribution < -0.4 is 19.7 Å². The fourth-order valence-corrected chi connectivity index (χ4v) is 2.99. The lowest BCUT2D eigenvalue weighted by molar-refractivity contribution is -0.128. The van der Waals surface area contributed by atoms with Gasteiger partial charge in [-0.15, -0.1) is 0 Å². The fourth-order valence-electron chi connectivity index (χ4n) is 2.76. The Hall–Kier alpha value is -2.73. The molecule has 0 unspecified atom stereocenters. The van der Waals surface area contributed by atoms with Crippen molar-refractivity contribution in [2.75, 3.05) is 25.1 Å². The number of hydrogen-bond donors (Lipinski definition) is 1. The highest BCUT2D eigenvalue weighted by Gasteiger charge is 2.33. The Morgan fingerprint density at radius 2 is 2.08 bits per heavy atom. The number of nitrogens with zero attached hydrogens (tertiary/aromatic N) is 1. The Labute approximate surface area is 156 Å². The van der Waals surface area contributed by atoms with Gasteiger partial charge >= 0.3 is 0 Å². The van der Waals surface area contributed by atoms with Gasteiger partial charge in [0.2, 0.25) is 0 Å². The first-order chi connectivity index (χ1) is 12.5. The topological polar surface area (TPSA) is 67.9 Å². The van der Waals surface area contributed by atoms with E-state index in [0.29, 0.717) is 22.2 Å². The molecule has 2 aromatic carbocycles. The fraction of sp³-hybridized carbons (Fsp3) is 0.263. The highest BCUT2D eigenvalue weighted by Crippen LogP contribution is 2.33. The van der Waals surface area contributed by atoms with Crippen molar-refractivity contribution in [3.05, 3.63) is 53.1 Å². The molecule has 1 N–H and O–H groups in total. The summed E-state index contributed by atoms with van der Waals surface area (Å²) >= 11 is 5.93. The predicted octanol–water partition coefficient (Wildman–Crippen LogP) is 2.57. The van der Waals surface area contributed by atoms with E-state index >= 15 is 0 Å². The molecule has 0 radical (unpaired) electrons. The zero-order chi connectivity index (χ0) is 18.7. The molecule has 0 spiro atoms. The van der Waals surface area contributed by atoms with Crippen molar-refractivity contribution in [2.24, 2.45) is 0 Å². The van der Waals surface area contributed by atoms with Gasteiger partial charge in [0, 0.05) is 12.1 Å². The van der Waals surface area contributed by atoms with Gasteiger partial charge in [-0.05, 0) is 42.8 Å². The first-order valence-electron chi connectivity index (χ1n) is 8.16. The highest BCUT2D eigenvalue weighted by atomic mass is 35.5. The van der Waals surface area contributed by atoms with Crippen LogP contribution in [0.1, 0.15) is 5.56 Å². The molecule has 0 aromatic heterocycles. The van der Waals surface area contributed by atoms with Crippen molar-refractivity contribution in [2.45, 2.75) is 13.0 Å². The van der Waals surface area contributed by atoms with E-state index in [-0.39, 0.29) is 25.0 Å². The second kappa shape index (κ2) is 7.66. The molecule has 0 bridgehead atoms. The van der Waals surface area contributed by atoms with Gasteiger partial charge in [-0.2, -0.15) is 0 Å². The van der Waals surface area contributed by atoms with Crippen LogP contribution in [0, 0.1) is 6.92 Å². The van der Waals surface area contributed by atoms with Gasteiger partial charge in [-0.3, -0.25) is 9.59 Å². The largest absolute Gasteiger partial charge is 0.483 e. The van der Waals surface area contributed by atoms with Gasteiger partial charge < -0.3 is 19.7 Å². The second-order valence-electron chi connectivity index (χ2n) is 5.89. The normalized spacial score (nSPS) is 15.7. The van der Waals surface area contributed by atoms with Crippen LogP contribution in [0.2, 0.25) is 5.02 Å². The monoisotopic (exact) mass is 374 g/mol. The number of aryl methyl sites for hydroxylation is 1. The number of likely N-dealkylation sites (N-methyl/N-ethyl adjacent to an activating group) is 1. The molecule has 3 rings (SSSR count). The Morgan fingerprint density at radius 3 is 2.81 bits per heavy atom. The van der Waals surface area contributed by atoms with Crippen molar-refractivity contribution in [1.29, 1.82) is 0 Å². The number of nitrogens with one attached hydrogen (secondary N) is 1. The summed E-state index contributed by atoms with van der Waals surface area (Å²) in [7, 11) is 1.53. The first kappa shape index (κ1) is 18.1. The molecule has 26 heavy (non-hydrogen) atoms. The minimum atomic E-state index is -0.767. The summed E-state index contributed by atoms with van der Waals surface area (Å²) in [6.07, 6.45) is -0.767. The maximum Gasteiger partial charge on any atom is 0.265 e. The standard InChI is InChI=1S/C19H19ClN2O4/c1-12-9-13(20)7-8-15(12)25-11-18(23)22-10-17(19(24)21-2)26-16-6-4-3-5-14(16)22/h3-9,17H,10-11H2,1-2H3,(H,21,24)/t17-/m1/s1. The molecule has 1 atom stereocenters. The van der Waals surface area contributed by atoms with Crippen LogP contribution in [0.3, 0.4) is 0 Å². The van der Waals surface area contributed by atoms with Crippen molar-refractivity contribution in [3.63, 3.8) is 0 Å². The summed E-state index contributed by atoms with van der Waals surface area (Å²) in [5, 5.41) is 3.16. The van der Waals surface area contributed by atoms with Crippen LogP contribution in [-0.2, 0) is 9.59 Å². The number of carbonyl (C=O) groups excluding carboxylic acids is 2. The molecule has 7 heteroatoms. The molecule has 1 aliphatic rings. The molecule has 0 saturated heterocycles. The minimum Gasteiger partial charge on any atom is -0.483 e. The molecule has 1 heterocycles. The van der Waals surface area contributed by atoms with Crippen LogP contribution in [0.15, 0.2) is 42.5 Å². The number of fused-ring (bicyclic) bond motifs is 1. The van der Waals surface area contributed by atoms with Gasteiger partial charge in [-0.25, -0.2) is 0 Å². The van der Waals surface area contributed by atoms with Gasteiger partial charge in [0.05, 0.1) is 12.2 Å². The maximum atomic E-state index is 12.8. The summed E-state index contributed by atoms with van der Waals surface area (Å²) in [4.78, 5) is 26.3. The third-order valence-corrected chi connectivity index (χ3v) is 4.34. The van der Waals surface area contributed by atoms with Crippen LogP contribution in [0.5, 0.6) is 11.5 Å². The van der Waals surface area contributed by atoms with Gasteiger partial charge in [-0.1, -0.05) is 23.7 Å².